The fraction of sp³-hybridized carbons (Fsp3) is 0.526. The Bertz CT molecular complexity index is 788. The third-order valence-corrected chi connectivity index (χ3v) is 5.19. The molecule has 0 aliphatic carbocycles. The second-order valence-corrected chi connectivity index (χ2v) is 7.41. The molecule has 1 aromatic rings. The highest BCUT2D eigenvalue weighted by Gasteiger charge is 2.45. The number of rotatable bonds is 5. The van der Waals surface area contributed by atoms with E-state index in [2.05, 4.69) is 10.6 Å². The number of amides is 3. The Morgan fingerprint density at radius 1 is 1.14 bits per heavy atom. The lowest BCUT2D eigenvalue weighted by atomic mass is 10.0. The molecule has 3 rings (SSSR count). The lowest BCUT2D eigenvalue weighted by Gasteiger charge is -2.42. The predicted octanol–water partition coefficient (Wildman–Crippen LogP) is 0.391. The first-order valence-corrected chi connectivity index (χ1v) is 9.24. The maximum atomic E-state index is 13.6. The van der Waals surface area contributed by atoms with E-state index in [0.29, 0.717) is 25.1 Å². The molecule has 0 aromatic heterocycles. The van der Waals surface area contributed by atoms with Crippen LogP contribution in [0, 0.1) is 11.6 Å². The van der Waals surface area contributed by atoms with Crippen molar-refractivity contribution < 1.29 is 23.2 Å². The second kappa shape index (κ2) is 8.22. The topological polar surface area (TPSA) is 81.8 Å². The smallest absolute Gasteiger partial charge is 0.242 e. The van der Waals surface area contributed by atoms with E-state index in [0.717, 1.165) is 12.1 Å². The van der Waals surface area contributed by atoms with E-state index in [4.69, 9.17) is 0 Å². The van der Waals surface area contributed by atoms with Crippen molar-refractivity contribution >= 4 is 17.7 Å². The van der Waals surface area contributed by atoms with Crippen LogP contribution in [0.3, 0.4) is 0 Å². The summed E-state index contributed by atoms with van der Waals surface area (Å²) in [6.07, 6.45) is 0.631. The Labute approximate surface area is 162 Å². The van der Waals surface area contributed by atoms with Crippen LogP contribution in [0.4, 0.5) is 8.78 Å². The molecule has 28 heavy (non-hydrogen) atoms. The first-order chi connectivity index (χ1) is 13.2. The number of piperazine rings is 1. The zero-order valence-electron chi connectivity index (χ0n) is 15.9. The van der Waals surface area contributed by atoms with Crippen LogP contribution in [-0.2, 0) is 20.9 Å². The molecule has 2 heterocycles. The fourth-order valence-electron chi connectivity index (χ4n) is 4.00. The molecular formula is C19H24F2N4O3. The zero-order valence-corrected chi connectivity index (χ0v) is 15.9. The van der Waals surface area contributed by atoms with Gasteiger partial charge in [0.05, 0.1) is 0 Å². The Balaban J connectivity index is 1.79. The highest BCUT2D eigenvalue weighted by atomic mass is 19.2. The van der Waals surface area contributed by atoms with E-state index in [1.807, 2.05) is 4.90 Å². The van der Waals surface area contributed by atoms with Crippen molar-refractivity contribution in [3.8, 4) is 0 Å². The van der Waals surface area contributed by atoms with Crippen molar-refractivity contribution in [2.75, 3.05) is 19.6 Å². The molecule has 2 N–H and O–H groups in total. The number of hydrogen-bond acceptors (Lipinski definition) is 4. The summed E-state index contributed by atoms with van der Waals surface area (Å²) in [6.45, 7) is 4.14. The third kappa shape index (κ3) is 4.46. The average molecular weight is 394 g/mol. The SMILES string of the molecule is CC(=O)NC[C@H]1C(=O)N2C[C@@H](NC(C)=O)C[C@H]2CN1Cc1ccc(F)c(F)c1. The molecule has 0 unspecified atom stereocenters. The van der Waals surface area contributed by atoms with Crippen LogP contribution < -0.4 is 10.6 Å². The molecule has 0 saturated carbocycles. The minimum absolute atomic E-state index is 0.0803. The van der Waals surface area contributed by atoms with Crippen LogP contribution in [0.5, 0.6) is 0 Å². The predicted molar refractivity (Wildman–Crippen MR) is 97.0 cm³/mol. The van der Waals surface area contributed by atoms with Gasteiger partial charge in [-0.25, -0.2) is 8.78 Å². The molecule has 2 saturated heterocycles. The van der Waals surface area contributed by atoms with Crippen molar-refractivity contribution in [3.63, 3.8) is 0 Å². The molecule has 2 aliphatic rings. The second-order valence-electron chi connectivity index (χ2n) is 7.41. The van der Waals surface area contributed by atoms with Gasteiger partial charge in [0, 0.05) is 52.1 Å². The summed E-state index contributed by atoms with van der Waals surface area (Å²) in [5, 5.41) is 5.52. The van der Waals surface area contributed by atoms with Gasteiger partial charge in [0.25, 0.3) is 0 Å². The number of nitrogens with one attached hydrogen (secondary N) is 2. The minimum atomic E-state index is -0.938. The Kier molecular flexibility index (Phi) is 5.93. The van der Waals surface area contributed by atoms with E-state index in [1.165, 1.54) is 19.9 Å². The number of benzene rings is 1. The van der Waals surface area contributed by atoms with Gasteiger partial charge in [-0.05, 0) is 24.1 Å². The van der Waals surface area contributed by atoms with Crippen LogP contribution in [0.25, 0.3) is 0 Å². The van der Waals surface area contributed by atoms with Gasteiger partial charge in [-0.15, -0.1) is 0 Å². The lowest BCUT2D eigenvalue weighted by Crippen LogP contribution is -2.62. The summed E-state index contributed by atoms with van der Waals surface area (Å²) in [5.41, 5.74) is 0.546. The Hall–Kier alpha value is -2.55. The highest BCUT2D eigenvalue weighted by molar-refractivity contribution is 5.85. The number of halogens is 2. The maximum Gasteiger partial charge on any atom is 0.242 e. The number of carbonyl (C=O) groups excluding carboxylic acids is 3. The van der Waals surface area contributed by atoms with Crippen molar-refractivity contribution in [1.29, 1.82) is 0 Å². The lowest BCUT2D eigenvalue weighted by molar-refractivity contribution is -0.144. The summed E-state index contributed by atoms with van der Waals surface area (Å²) >= 11 is 0. The normalized spacial score (nSPS) is 24.8. The van der Waals surface area contributed by atoms with Gasteiger partial charge in [-0.3, -0.25) is 19.3 Å². The summed E-state index contributed by atoms with van der Waals surface area (Å²) < 4.78 is 26.8. The standard InChI is InChI=1S/C19H24F2N4O3/c1-11(26)22-7-18-19(28)25-9-14(23-12(2)27)6-15(25)10-24(18)8-13-3-4-16(20)17(21)5-13/h3-5,14-15,18H,6-10H2,1-2H3,(H,22,26)(H,23,27)/t14-,15-,18-/m0/s1. The number of hydrogen-bond donors (Lipinski definition) is 2. The molecule has 3 amide bonds. The fourth-order valence-corrected chi connectivity index (χ4v) is 4.00. The van der Waals surface area contributed by atoms with Gasteiger partial charge in [0.2, 0.25) is 17.7 Å². The third-order valence-electron chi connectivity index (χ3n) is 5.19. The molecule has 3 atom stereocenters. The van der Waals surface area contributed by atoms with E-state index in [1.54, 1.807) is 4.90 Å². The summed E-state index contributed by atoms with van der Waals surface area (Å²) in [4.78, 5) is 39.4. The van der Waals surface area contributed by atoms with Crippen molar-refractivity contribution in [3.05, 3.63) is 35.4 Å². The van der Waals surface area contributed by atoms with Gasteiger partial charge in [-0.1, -0.05) is 6.07 Å². The summed E-state index contributed by atoms with van der Waals surface area (Å²) in [7, 11) is 0. The Morgan fingerprint density at radius 3 is 2.54 bits per heavy atom. The Morgan fingerprint density at radius 2 is 1.89 bits per heavy atom. The molecule has 7 nitrogen and oxygen atoms in total. The van der Waals surface area contributed by atoms with Gasteiger partial charge >= 0.3 is 0 Å². The van der Waals surface area contributed by atoms with Crippen LogP contribution in [-0.4, -0.2) is 65.3 Å². The molecule has 0 bridgehead atoms. The molecule has 2 aliphatic heterocycles. The van der Waals surface area contributed by atoms with Gasteiger partial charge in [0.15, 0.2) is 11.6 Å². The number of nitrogens with zero attached hydrogens (tertiary/aromatic N) is 2. The molecule has 2 fully saturated rings. The molecule has 152 valence electrons. The largest absolute Gasteiger partial charge is 0.354 e. The van der Waals surface area contributed by atoms with Gasteiger partial charge < -0.3 is 15.5 Å². The van der Waals surface area contributed by atoms with Gasteiger partial charge in [-0.2, -0.15) is 0 Å². The molecule has 9 heteroatoms. The van der Waals surface area contributed by atoms with Crippen LogP contribution >= 0.6 is 0 Å². The van der Waals surface area contributed by atoms with E-state index >= 15 is 0 Å². The monoisotopic (exact) mass is 394 g/mol. The van der Waals surface area contributed by atoms with Crippen LogP contribution in [0.15, 0.2) is 18.2 Å². The van der Waals surface area contributed by atoms with E-state index in [9.17, 15) is 23.2 Å². The van der Waals surface area contributed by atoms with Crippen molar-refractivity contribution in [2.24, 2.45) is 0 Å². The molecule has 0 radical (unpaired) electrons. The van der Waals surface area contributed by atoms with Crippen molar-refractivity contribution in [2.45, 2.75) is 44.9 Å². The van der Waals surface area contributed by atoms with E-state index < -0.39 is 17.7 Å². The van der Waals surface area contributed by atoms with E-state index in [-0.39, 0.29) is 42.9 Å². The quantitative estimate of drug-likeness (QED) is 0.757. The average Bonchev–Trinajstić information content (AvgIpc) is 2.99. The molecule has 0 spiro atoms. The first-order valence-electron chi connectivity index (χ1n) is 9.24. The highest BCUT2D eigenvalue weighted by Crippen LogP contribution is 2.27. The minimum Gasteiger partial charge on any atom is -0.354 e. The number of carbonyl (C=O) groups is 3. The summed E-state index contributed by atoms with van der Waals surface area (Å²) in [5.74, 6) is -2.40. The summed E-state index contributed by atoms with van der Waals surface area (Å²) in [6, 6.07) is 2.87. The maximum absolute atomic E-state index is 13.6. The molecule has 1 aromatic carbocycles. The van der Waals surface area contributed by atoms with Crippen LogP contribution in [0.1, 0.15) is 25.8 Å². The zero-order chi connectivity index (χ0) is 20.4. The van der Waals surface area contributed by atoms with Crippen LogP contribution in [0.2, 0.25) is 0 Å². The van der Waals surface area contributed by atoms with Gasteiger partial charge in [0.1, 0.15) is 6.04 Å². The first kappa shape index (κ1) is 20.2. The number of fused-ring (bicyclic) bond motifs is 1. The van der Waals surface area contributed by atoms with Crippen molar-refractivity contribution in [1.82, 2.24) is 20.4 Å². The molecular weight excluding hydrogens is 370 g/mol.